The largest absolute Gasteiger partial charge is 0.474 e. The van der Waals surface area contributed by atoms with Gasteiger partial charge in [0.25, 0.3) is 5.91 Å². The maximum atomic E-state index is 12.9. The summed E-state index contributed by atoms with van der Waals surface area (Å²) in [7, 11) is -4.87. The van der Waals surface area contributed by atoms with Crippen LogP contribution in [0.25, 0.3) is 0 Å². The van der Waals surface area contributed by atoms with Crippen molar-refractivity contribution >= 4 is 27.3 Å². The minimum Gasteiger partial charge on any atom is -0.474 e. The summed E-state index contributed by atoms with van der Waals surface area (Å²) in [6.45, 7) is 0. The van der Waals surface area contributed by atoms with Crippen molar-refractivity contribution in [1.29, 1.82) is 0 Å². The molecule has 1 aliphatic carbocycles. The molecule has 0 saturated heterocycles. The van der Waals surface area contributed by atoms with Gasteiger partial charge in [-0.2, -0.15) is 8.78 Å². The van der Waals surface area contributed by atoms with E-state index in [1.165, 1.54) is 24.4 Å². The number of benzene rings is 1. The number of aromatic nitrogens is 1. The summed E-state index contributed by atoms with van der Waals surface area (Å²) in [5.41, 5.74) is -0.281. The maximum absolute atomic E-state index is 12.9. The number of rotatable bonds is 6. The lowest BCUT2D eigenvalue weighted by atomic mass is 9.92. The van der Waals surface area contributed by atoms with Crippen molar-refractivity contribution in [3.63, 3.8) is 0 Å². The van der Waals surface area contributed by atoms with E-state index < -0.39 is 26.4 Å². The molecule has 1 aromatic heterocycles. The van der Waals surface area contributed by atoms with Crippen LogP contribution < -0.4 is 10.1 Å². The molecule has 1 fully saturated rings. The molecular weight excluding hydrogens is 426 g/mol. The Kier molecular flexibility index (Phi) is 6.69. The highest BCUT2D eigenvalue weighted by Gasteiger charge is 2.32. The molecule has 2 aromatic rings. The van der Waals surface area contributed by atoms with Gasteiger partial charge < -0.3 is 10.1 Å². The number of amides is 1. The first kappa shape index (κ1) is 21.4. The zero-order valence-corrected chi connectivity index (χ0v) is 16.8. The predicted molar refractivity (Wildman–Crippen MR) is 103 cm³/mol. The van der Waals surface area contributed by atoms with Crippen molar-refractivity contribution in [2.75, 3.05) is 0 Å². The number of nitrogens with zero attached hydrogens (tertiary/aromatic N) is 1. The monoisotopic (exact) mass is 444 g/mol. The average Bonchev–Trinajstić information content (AvgIpc) is 2.71. The summed E-state index contributed by atoms with van der Waals surface area (Å²) in [6, 6.07) is 8.13. The molecule has 0 unspecified atom stereocenters. The summed E-state index contributed by atoms with van der Waals surface area (Å²) in [6.07, 6.45) is 3.96. The first-order valence-corrected chi connectivity index (χ1v) is 10.9. The standard InChI is InChI=1S/C19H19ClF2N2O4S/c20-12-5-10-17(23-11-12)28-14-8-6-13(7-9-14)24-18(25)15-3-1-2-4-16(15)29(26,27)19(21)22/h1-5,10-11,13-14,19H,6-9H2,(H,24,25). The van der Waals surface area contributed by atoms with Crippen LogP contribution in [-0.2, 0) is 9.84 Å². The molecule has 1 saturated carbocycles. The highest BCUT2D eigenvalue weighted by molar-refractivity contribution is 7.91. The number of nitrogens with one attached hydrogen (secondary N) is 1. The molecule has 29 heavy (non-hydrogen) atoms. The first-order chi connectivity index (χ1) is 13.8. The third kappa shape index (κ3) is 5.22. The van der Waals surface area contributed by atoms with E-state index >= 15 is 0 Å². The molecule has 0 atom stereocenters. The number of carbonyl (C=O) groups excluding carboxylic acids is 1. The number of alkyl halides is 2. The molecule has 0 spiro atoms. The fourth-order valence-electron chi connectivity index (χ4n) is 3.19. The summed E-state index contributed by atoms with van der Waals surface area (Å²) in [5, 5.41) is 3.25. The minimum absolute atomic E-state index is 0.0664. The highest BCUT2D eigenvalue weighted by Crippen LogP contribution is 2.25. The predicted octanol–water partition coefficient (Wildman–Crippen LogP) is 3.85. The van der Waals surface area contributed by atoms with Crippen LogP contribution in [-0.4, -0.2) is 37.2 Å². The van der Waals surface area contributed by atoms with Gasteiger partial charge in [-0.15, -0.1) is 0 Å². The summed E-state index contributed by atoms with van der Waals surface area (Å²) in [4.78, 5) is 15.9. The number of hydrogen-bond acceptors (Lipinski definition) is 5. The maximum Gasteiger partial charge on any atom is 0.341 e. The molecule has 1 amide bonds. The van der Waals surface area contributed by atoms with Crippen LogP contribution in [0.1, 0.15) is 36.0 Å². The third-order valence-electron chi connectivity index (χ3n) is 4.67. The molecule has 0 bridgehead atoms. The second-order valence-electron chi connectivity index (χ2n) is 6.68. The van der Waals surface area contributed by atoms with Gasteiger partial charge in [-0.3, -0.25) is 4.79 Å². The van der Waals surface area contributed by atoms with E-state index in [0.717, 1.165) is 6.07 Å². The normalized spacial score (nSPS) is 19.7. The van der Waals surface area contributed by atoms with Crippen molar-refractivity contribution < 1.29 is 26.7 Å². The Bertz CT molecular complexity index is 962. The number of hydrogen-bond donors (Lipinski definition) is 1. The van der Waals surface area contributed by atoms with E-state index in [1.54, 1.807) is 12.1 Å². The van der Waals surface area contributed by atoms with Crippen molar-refractivity contribution in [1.82, 2.24) is 10.3 Å². The summed E-state index contributed by atoms with van der Waals surface area (Å²) < 4.78 is 55.2. The van der Waals surface area contributed by atoms with Crippen LogP contribution in [0, 0.1) is 0 Å². The summed E-state index contributed by atoms with van der Waals surface area (Å²) in [5.74, 6) is -3.81. The Hall–Kier alpha value is -2.26. The molecule has 6 nitrogen and oxygen atoms in total. The topological polar surface area (TPSA) is 85.4 Å². The van der Waals surface area contributed by atoms with Gasteiger partial charge in [0.05, 0.1) is 15.5 Å². The van der Waals surface area contributed by atoms with Crippen molar-refractivity contribution in [3.8, 4) is 5.88 Å². The van der Waals surface area contributed by atoms with Crippen LogP contribution in [0.5, 0.6) is 5.88 Å². The number of carbonyl (C=O) groups is 1. The van der Waals surface area contributed by atoms with E-state index in [2.05, 4.69) is 10.3 Å². The van der Waals surface area contributed by atoms with Gasteiger partial charge in [0, 0.05) is 18.3 Å². The fraction of sp³-hybridized carbons (Fsp3) is 0.368. The SMILES string of the molecule is O=C(NC1CCC(Oc2ccc(Cl)cn2)CC1)c1ccccc1S(=O)(=O)C(F)F. The van der Waals surface area contributed by atoms with Crippen LogP contribution in [0.4, 0.5) is 8.78 Å². The number of ether oxygens (including phenoxy) is 1. The van der Waals surface area contributed by atoms with Gasteiger partial charge in [-0.05, 0) is 43.9 Å². The molecule has 0 radical (unpaired) electrons. The van der Waals surface area contributed by atoms with Crippen molar-refractivity contribution in [2.24, 2.45) is 0 Å². The number of pyridine rings is 1. The molecule has 3 rings (SSSR count). The Labute approximate surface area is 172 Å². The van der Waals surface area contributed by atoms with Gasteiger partial charge in [-0.1, -0.05) is 23.7 Å². The smallest absolute Gasteiger partial charge is 0.341 e. The Morgan fingerprint density at radius 1 is 1.14 bits per heavy atom. The Balaban J connectivity index is 1.60. The van der Waals surface area contributed by atoms with Crippen molar-refractivity contribution in [3.05, 3.63) is 53.2 Å². The highest BCUT2D eigenvalue weighted by atomic mass is 35.5. The lowest BCUT2D eigenvalue weighted by Gasteiger charge is -2.29. The summed E-state index contributed by atoms with van der Waals surface area (Å²) >= 11 is 5.79. The molecular formula is C19H19ClF2N2O4S. The van der Waals surface area contributed by atoms with Gasteiger partial charge in [0.15, 0.2) is 0 Å². The lowest BCUT2D eigenvalue weighted by Crippen LogP contribution is -2.40. The molecule has 0 aliphatic heterocycles. The zero-order valence-electron chi connectivity index (χ0n) is 15.2. The van der Waals surface area contributed by atoms with E-state index in [1.807, 2.05) is 0 Å². The number of halogens is 3. The number of sulfone groups is 1. The Morgan fingerprint density at radius 3 is 2.45 bits per heavy atom. The van der Waals surface area contributed by atoms with Crippen LogP contribution in [0.15, 0.2) is 47.5 Å². The van der Waals surface area contributed by atoms with E-state index in [0.29, 0.717) is 36.6 Å². The third-order valence-corrected chi connectivity index (χ3v) is 6.33. The molecule has 10 heteroatoms. The second-order valence-corrected chi connectivity index (χ2v) is 9.00. The quantitative estimate of drug-likeness (QED) is 0.731. The first-order valence-electron chi connectivity index (χ1n) is 8.97. The zero-order chi connectivity index (χ0) is 21.0. The minimum atomic E-state index is -4.87. The molecule has 1 N–H and O–H groups in total. The van der Waals surface area contributed by atoms with Crippen LogP contribution in [0.2, 0.25) is 5.02 Å². The van der Waals surface area contributed by atoms with Gasteiger partial charge in [-0.25, -0.2) is 13.4 Å². The molecule has 1 aromatic carbocycles. The fourth-order valence-corrected chi connectivity index (χ4v) is 4.23. The van der Waals surface area contributed by atoms with E-state index in [-0.39, 0.29) is 17.7 Å². The molecule has 1 heterocycles. The molecule has 1 aliphatic rings. The van der Waals surface area contributed by atoms with Crippen LogP contribution in [0.3, 0.4) is 0 Å². The van der Waals surface area contributed by atoms with Crippen molar-refractivity contribution in [2.45, 2.75) is 48.5 Å². The van der Waals surface area contributed by atoms with Gasteiger partial charge in [0.2, 0.25) is 15.7 Å². The van der Waals surface area contributed by atoms with E-state index in [4.69, 9.17) is 16.3 Å². The van der Waals surface area contributed by atoms with E-state index in [9.17, 15) is 22.0 Å². The van der Waals surface area contributed by atoms with Crippen LogP contribution >= 0.6 is 11.6 Å². The Morgan fingerprint density at radius 2 is 1.83 bits per heavy atom. The molecule has 156 valence electrons. The van der Waals surface area contributed by atoms with Gasteiger partial charge >= 0.3 is 5.76 Å². The van der Waals surface area contributed by atoms with Gasteiger partial charge in [0.1, 0.15) is 6.10 Å². The lowest BCUT2D eigenvalue weighted by molar-refractivity contribution is 0.0887. The second kappa shape index (κ2) is 9.04. The average molecular weight is 445 g/mol.